The molecule has 1 fully saturated rings. The van der Waals surface area contributed by atoms with Gasteiger partial charge in [0.2, 0.25) is 5.91 Å². The maximum atomic E-state index is 13.4. The van der Waals surface area contributed by atoms with Crippen molar-refractivity contribution < 1.29 is 33.8 Å². The van der Waals surface area contributed by atoms with Crippen LogP contribution in [0.3, 0.4) is 0 Å². The smallest absolute Gasteiger partial charge is 0.407 e. The predicted molar refractivity (Wildman–Crippen MR) is 151 cm³/mol. The van der Waals surface area contributed by atoms with Crippen LogP contribution in [0.15, 0.2) is 30.3 Å². The summed E-state index contributed by atoms with van der Waals surface area (Å²) in [7, 11) is 0. The Balaban J connectivity index is 1.94. The number of carboxylic acids is 1. The molecule has 0 aromatic heterocycles. The molecular weight excluding hydrogens is 522 g/mol. The zero-order chi connectivity index (χ0) is 28.8. The van der Waals surface area contributed by atoms with Gasteiger partial charge in [0, 0.05) is 24.1 Å². The van der Waals surface area contributed by atoms with Crippen LogP contribution in [0.2, 0.25) is 0 Å². The number of carbonyl (C=O) groups is 4. The lowest BCUT2D eigenvalue weighted by Crippen LogP contribution is -2.53. The largest absolute Gasteiger partial charge is 0.480 e. The number of amides is 2. The van der Waals surface area contributed by atoms with Crippen LogP contribution in [0.4, 0.5) is 4.79 Å². The van der Waals surface area contributed by atoms with E-state index in [1.807, 2.05) is 51.1 Å². The van der Waals surface area contributed by atoms with Gasteiger partial charge < -0.3 is 24.8 Å². The van der Waals surface area contributed by atoms with Crippen molar-refractivity contribution in [2.45, 2.75) is 82.7 Å². The van der Waals surface area contributed by atoms with Crippen LogP contribution in [0.1, 0.15) is 70.6 Å². The molecular formula is C28H43N3O7S. The van der Waals surface area contributed by atoms with E-state index in [1.54, 1.807) is 18.7 Å². The van der Waals surface area contributed by atoms with Crippen molar-refractivity contribution in [1.82, 2.24) is 15.5 Å². The van der Waals surface area contributed by atoms with E-state index in [1.165, 1.54) is 4.90 Å². The molecule has 0 aliphatic carbocycles. The maximum absolute atomic E-state index is 13.4. The second-order valence-electron chi connectivity index (χ2n) is 10.5. The van der Waals surface area contributed by atoms with Crippen LogP contribution in [0.5, 0.6) is 0 Å². The van der Waals surface area contributed by atoms with E-state index in [0.717, 1.165) is 31.2 Å². The zero-order valence-electron chi connectivity index (χ0n) is 23.4. The second kappa shape index (κ2) is 16.3. The number of thioether (sulfide) groups is 1. The number of hydrogen-bond donors (Lipinski definition) is 3. The van der Waals surface area contributed by atoms with Crippen molar-refractivity contribution in [3.63, 3.8) is 0 Å². The Morgan fingerprint density at radius 2 is 1.82 bits per heavy atom. The van der Waals surface area contributed by atoms with E-state index >= 15 is 0 Å². The molecule has 0 radical (unpaired) electrons. The van der Waals surface area contributed by atoms with Gasteiger partial charge in [-0.1, -0.05) is 49.6 Å². The minimum atomic E-state index is -1.08. The Bertz CT molecular complexity index is 939. The molecule has 3 N–H and O–H groups in total. The quantitative estimate of drug-likeness (QED) is 0.228. The van der Waals surface area contributed by atoms with Crippen molar-refractivity contribution in [2.75, 3.05) is 32.0 Å². The molecule has 2 rings (SSSR count). The number of nitrogens with zero attached hydrogens (tertiary/aromatic N) is 1. The summed E-state index contributed by atoms with van der Waals surface area (Å²) in [6.45, 7) is 7.78. The standard InChI is InChI=1S/C28H43N3O7S/c1-5-37-26(35)21(15-11-6-7-12-16-29-27(36)38-28(2,3)4)30-22-19-39-23(20-13-9-8-10-14-20)17-31(25(22)34)18-24(32)33/h8-10,13-14,21-23,30H,5-7,11-12,15-19H2,1-4H3,(H,29,36)(H,32,33)/t21?,22-,23-/m0/s1. The summed E-state index contributed by atoms with van der Waals surface area (Å²) in [6, 6.07) is 8.30. The first-order chi connectivity index (χ1) is 18.5. The molecule has 1 aliphatic heterocycles. The van der Waals surface area contributed by atoms with Crippen LogP contribution >= 0.6 is 11.8 Å². The number of benzene rings is 1. The van der Waals surface area contributed by atoms with Gasteiger partial charge in [0.1, 0.15) is 18.2 Å². The molecule has 1 saturated heterocycles. The molecule has 2 amide bonds. The van der Waals surface area contributed by atoms with E-state index in [9.17, 15) is 24.3 Å². The lowest BCUT2D eigenvalue weighted by Gasteiger charge is -2.27. The lowest BCUT2D eigenvalue weighted by atomic mass is 10.1. The van der Waals surface area contributed by atoms with Crippen LogP contribution < -0.4 is 10.6 Å². The highest BCUT2D eigenvalue weighted by Crippen LogP contribution is 2.33. The number of esters is 1. The highest BCUT2D eigenvalue weighted by Gasteiger charge is 2.35. The summed E-state index contributed by atoms with van der Waals surface area (Å²) in [4.78, 5) is 50.7. The summed E-state index contributed by atoms with van der Waals surface area (Å²) in [5.41, 5.74) is 0.484. The second-order valence-corrected chi connectivity index (χ2v) is 11.7. The Labute approximate surface area is 235 Å². The predicted octanol–water partition coefficient (Wildman–Crippen LogP) is 3.75. The number of hydrogen-bond acceptors (Lipinski definition) is 8. The van der Waals surface area contributed by atoms with Gasteiger partial charge in [-0.05, 0) is 46.1 Å². The summed E-state index contributed by atoms with van der Waals surface area (Å²) in [5, 5.41) is 15.3. The van der Waals surface area contributed by atoms with E-state index < -0.39 is 42.3 Å². The number of unbranched alkanes of at least 4 members (excludes halogenated alkanes) is 3. The number of carbonyl (C=O) groups excluding carboxylic acids is 3. The molecule has 1 heterocycles. The molecule has 0 spiro atoms. The Morgan fingerprint density at radius 1 is 1.13 bits per heavy atom. The van der Waals surface area contributed by atoms with Crippen molar-refractivity contribution in [2.24, 2.45) is 0 Å². The summed E-state index contributed by atoms with van der Waals surface area (Å²) in [6.07, 6.45) is 3.23. The number of rotatable bonds is 14. The van der Waals surface area contributed by atoms with E-state index in [0.29, 0.717) is 18.7 Å². The maximum Gasteiger partial charge on any atom is 0.407 e. The molecule has 3 atom stereocenters. The normalized spacial score (nSPS) is 18.7. The third kappa shape index (κ3) is 12.3. The van der Waals surface area contributed by atoms with Crippen LogP contribution in [-0.2, 0) is 23.9 Å². The molecule has 1 aliphatic rings. The first-order valence-electron chi connectivity index (χ1n) is 13.6. The number of aliphatic carboxylic acids is 1. The molecule has 11 heteroatoms. The Hall–Kier alpha value is -2.79. The van der Waals surface area contributed by atoms with E-state index in [4.69, 9.17) is 9.47 Å². The van der Waals surface area contributed by atoms with Gasteiger partial charge in [-0.15, -0.1) is 11.8 Å². The van der Waals surface area contributed by atoms with Crippen LogP contribution in [0, 0.1) is 0 Å². The van der Waals surface area contributed by atoms with E-state index in [-0.39, 0.29) is 24.3 Å². The SMILES string of the molecule is CCOC(=O)C(CCCCCCNC(=O)OC(C)(C)C)N[C@H]1CS[C@H](c2ccccc2)CN(CC(=O)O)C1=O. The topological polar surface area (TPSA) is 134 Å². The third-order valence-corrected chi connectivity index (χ3v) is 7.37. The molecule has 0 saturated carbocycles. The minimum Gasteiger partial charge on any atom is -0.480 e. The highest BCUT2D eigenvalue weighted by atomic mass is 32.2. The fraction of sp³-hybridized carbons (Fsp3) is 0.643. The van der Waals surface area contributed by atoms with Crippen molar-refractivity contribution in [3.8, 4) is 0 Å². The van der Waals surface area contributed by atoms with Gasteiger partial charge >= 0.3 is 18.0 Å². The number of carboxylic acid groups (broad SMARTS) is 1. The lowest BCUT2D eigenvalue weighted by molar-refractivity contribution is -0.148. The third-order valence-electron chi connectivity index (χ3n) is 6.02. The number of alkyl carbamates (subject to hydrolysis) is 1. The van der Waals surface area contributed by atoms with Crippen LogP contribution in [-0.4, -0.2) is 83.6 Å². The zero-order valence-corrected chi connectivity index (χ0v) is 24.3. The molecule has 10 nitrogen and oxygen atoms in total. The monoisotopic (exact) mass is 565 g/mol. The van der Waals surface area contributed by atoms with Crippen LogP contribution in [0.25, 0.3) is 0 Å². The molecule has 39 heavy (non-hydrogen) atoms. The minimum absolute atomic E-state index is 0.0726. The summed E-state index contributed by atoms with van der Waals surface area (Å²) in [5.74, 6) is -1.42. The molecule has 218 valence electrons. The molecule has 1 unspecified atom stereocenters. The van der Waals surface area contributed by atoms with Crippen molar-refractivity contribution in [1.29, 1.82) is 0 Å². The highest BCUT2D eigenvalue weighted by molar-refractivity contribution is 7.99. The summed E-state index contributed by atoms with van der Waals surface area (Å²) >= 11 is 1.58. The fourth-order valence-corrected chi connectivity index (χ4v) is 5.53. The van der Waals surface area contributed by atoms with Crippen molar-refractivity contribution >= 4 is 35.7 Å². The first-order valence-corrected chi connectivity index (χ1v) is 14.6. The van der Waals surface area contributed by atoms with Gasteiger partial charge in [-0.2, -0.15) is 0 Å². The molecule has 1 aromatic carbocycles. The van der Waals surface area contributed by atoms with Gasteiger partial charge in [0.25, 0.3) is 0 Å². The Morgan fingerprint density at radius 3 is 2.46 bits per heavy atom. The molecule has 1 aromatic rings. The van der Waals surface area contributed by atoms with Gasteiger partial charge in [0.15, 0.2) is 0 Å². The number of ether oxygens (including phenoxy) is 2. The Kier molecular flexibility index (Phi) is 13.6. The average molecular weight is 566 g/mol. The first kappa shape index (κ1) is 32.4. The molecule has 0 bridgehead atoms. The summed E-state index contributed by atoms with van der Waals surface area (Å²) < 4.78 is 10.5. The van der Waals surface area contributed by atoms with Gasteiger partial charge in [-0.3, -0.25) is 19.7 Å². The average Bonchev–Trinajstić information content (AvgIpc) is 3.01. The van der Waals surface area contributed by atoms with Gasteiger partial charge in [-0.25, -0.2) is 4.79 Å². The van der Waals surface area contributed by atoms with Crippen molar-refractivity contribution in [3.05, 3.63) is 35.9 Å². The fourth-order valence-electron chi connectivity index (χ4n) is 4.23. The number of nitrogens with one attached hydrogen (secondary N) is 2. The van der Waals surface area contributed by atoms with Gasteiger partial charge in [0.05, 0.1) is 12.6 Å². The van der Waals surface area contributed by atoms with E-state index in [2.05, 4.69) is 10.6 Å².